The predicted octanol–water partition coefficient (Wildman–Crippen LogP) is 3.23. The first kappa shape index (κ1) is 23.7. The summed E-state index contributed by atoms with van der Waals surface area (Å²) < 4.78 is 15.9. The molecule has 1 amide bonds. The Morgan fingerprint density at radius 3 is 2.59 bits per heavy atom. The Morgan fingerprint density at radius 1 is 1.18 bits per heavy atom. The van der Waals surface area contributed by atoms with Crippen LogP contribution in [0.15, 0.2) is 52.4 Å². The number of likely N-dealkylation sites (N-methyl/N-ethyl adjacent to an activating group) is 1. The van der Waals surface area contributed by atoms with Crippen LogP contribution >= 0.6 is 11.8 Å². The molecule has 2 saturated heterocycles. The number of rotatable bonds is 7. The van der Waals surface area contributed by atoms with Crippen molar-refractivity contribution in [1.82, 2.24) is 4.90 Å². The summed E-state index contributed by atoms with van der Waals surface area (Å²) in [6, 6.07) is 13.0. The molecule has 0 bridgehead atoms. The molecule has 2 aliphatic heterocycles. The van der Waals surface area contributed by atoms with Crippen LogP contribution in [0.4, 0.5) is 11.4 Å². The Balaban J connectivity index is 1.49. The average Bonchev–Trinajstić information content (AvgIpc) is 3.11. The maximum Gasteiger partial charge on any atom is 0.341 e. The van der Waals surface area contributed by atoms with Gasteiger partial charge in [-0.3, -0.25) is 9.69 Å². The standard InChI is InChI=1S/C24H25N3O6S/c1-26-23(30)21(14-16-3-8-19(20(13-16)31-2)33-15-22(28)29)34-24(26)25-17-4-6-18(7-5-17)27-9-11-32-12-10-27/h3-8,13-14H,9-12,15H2,1-2H3,(H,28,29). The molecule has 4 rings (SSSR count). The molecule has 178 valence electrons. The lowest BCUT2D eigenvalue weighted by Crippen LogP contribution is -2.36. The zero-order valence-corrected chi connectivity index (χ0v) is 19.7. The lowest BCUT2D eigenvalue weighted by molar-refractivity contribution is -0.139. The number of amidine groups is 1. The van der Waals surface area contributed by atoms with Gasteiger partial charge in [0.15, 0.2) is 23.3 Å². The van der Waals surface area contributed by atoms with Gasteiger partial charge in [0.1, 0.15) is 0 Å². The largest absolute Gasteiger partial charge is 0.493 e. The fraction of sp³-hybridized carbons (Fsp3) is 0.292. The predicted molar refractivity (Wildman–Crippen MR) is 131 cm³/mol. The van der Waals surface area contributed by atoms with Crippen LogP contribution in [0.1, 0.15) is 5.56 Å². The number of nitrogens with zero attached hydrogens (tertiary/aromatic N) is 3. The van der Waals surface area contributed by atoms with Crippen molar-refractivity contribution >= 4 is 46.3 Å². The number of aliphatic imine (C=N–C) groups is 1. The van der Waals surface area contributed by atoms with Crippen LogP contribution in [0.25, 0.3) is 6.08 Å². The molecule has 2 fully saturated rings. The van der Waals surface area contributed by atoms with Crippen molar-refractivity contribution in [3.63, 3.8) is 0 Å². The number of hydrogen-bond donors (Lipinski definition) is 1. The van der Waals surface area contributed by atoms with Gasteiger partial charge in [0.25, 0.3) is 5.91 Å². The highest BCUT2D eigenvalue weighted by atomic mass is 32.2. The average molecular weight is 484 g/mol. The quantitative estimate of drug-likeness (QED) is 0.599. The molecular formula is C24H25N3O6S. The Labute approximate surface area is 201 Å². The summed E-state index contributed by atoms with van der Waals surface area (Å²) in [6.07, 6.45) is 1.75. The number of amides is 1. The molecule has 0 saturated carbocycles. The molecule has 0 aliphatic carbocycles. The summed E-state index contributed by atoms with van der Waals surface area (Å²) in [5.41, 5.74) is 2.61. The Bertz CT molecular complexity index is 1130. The van der Waals surface area contributed by atoms with Crippen LogP contribution in [0.3, 0.4) is 0 Å². The van der Waals surface area contributed by atoms with Gasteiger partial charge < -0.3 is 24.2 Å². The first-order valence-electron chi connectivity index (χ1n) is 10.7. The number of anilines is 1. The van der Waals surface area contributed by atoms with E-state index >= 15 is 0 Å². The maximum absolute atomic E-state index is 12.8. The van der Waals surface area contributed by atoms with E-state index in [9.17, 15) is 9.59 Å². The van der Waals surface area contributed by atoms with Crippen LogP contribution < -0.4 is 14.4 Å². The van der Waals surface area contributed by atoms with Crippen LogP contribution in [-0.2, 0) is 14.3 Å². The molecular weight excluding hydrogens is 458 g/mol. The van der Waals surface area contributed by atoms with Gasteiger partial charge in [-0.05, 0) is 59.8 Å². The highest BCUT2D eigenvalue weighted by Gasteiger charge is 2.30. The van der Waals surface area contributed by atoms with Gasteiger partial charge >= 0.3 is 5.97 Å². The van der Waals surface area contributed by atoms with E-state index in [0.29, 0.717) is 21.6 Å². The molecule has 2 aromatic carbocycles. The van der Waals surface area contributed by atoms with Gasteiger partial charge in [-0.2, -0.15) is 0 Å². The van der Waals surface area contributed by atoms with Crippen LogP contribution in [0, 0.1) is 0 Å². The molecule has 34 heavy (non-hydrogen) atoms. The number of carboxylic acid groups (broad SMARTS) is 1. The summed E-state index contributed by atoms with van der Waals surface area (Å²) in [5.74, 6) is -0.531. The van der Waals surface area contributed by atoms with Gasteiger partial charge in [-0.1, -0.05) is 6.07 Å². The number of aliphatic carboxylic acids is 1. The van der Waals surface area contributed by atoms with E-state index in [4.69, 9.17) is 19.3 Å². The summed E-state index contributed by atoms with van der Waals surface area (Å²) in [7, 11) is 3.17. The van der Waals surface area contributed by atoms with E-state index in [1.807, 2.05) is 24.3 Å². The lowest BCUT2D eigenvalue weighted by atomic mass is 10.2. The monoisotopic (exact) mass is 483 g/mol. The van der Waals surface area contributed by atoms with E-state index in [-0.39, 0.29) is 5.91 Å². The summed E-state index contributed by atoms with van der Waals surface area (Å²) in [5, 5.41) is 9.39. The van der Waals surface area contributed by atoms with E-state index in [1.54, 1.807) is 31.3 Å². The van der Waals surface area contributed by atoms with Crippen molar-refractivity contribution < 1.29 is 28.9 Å². The molecule has 0 spiro atoms. The first-order valence-corrected chi connectivity index (χ1v) is 11.5. The van der Waals surface area contributed by atoms with E-state index in [2.05, 4.69) is 9.89 Å². The summed E-state index contributed by atoms with van der Waals surface area (Å²) >= 11 is 1.29. The zero-order chi connectivity index (χ0) is 24.1. The number of morpholine rings is 1. The van der Waals surface area contributed by atoms with Crippen molar-refractivity contribution in [2.75, 3.05) is 52.0 Å². The number of carbonyl (C=O) groups excluding carboxylic acids is 1. The smallest absolute Gasteiger partial charge is 0.341 e. The topological polar surface area (TPSA) is 101 Å². The molecule has 0 atom stereocenters. The molecule has 2 aromatic rings. The van der Waals surface area contributed by atoms with Gasteiger partial charge in [-0.15, -0.1) is 0 Å². The SMILES string of the molecule is COc1cc(C=C2SC(=Nc3ccc(N4CCOCC4)cc3)N(C)C2=O)ccc1OCC(=O)O. The van der Waals surface area contributed by atoms with Crippen molar-refractivity contribution in [3.8, 4) is 11.5 Å². The van der Waals surface area contributed by atoms with E-state index in [1.165, 1.54) is 23.8 Å². The van der Waals surface area contributed by atoms with Gasteiger partial charge in [0.2, 0.25) is 0 Å². The van der Waals surface area contributed by atoms with E-state index < -0.39 is 12.6 Å². The van der Waals surface area contributed by atoms with Gasteiger partial charge in [-0.25, -0.2) is 9.79 Å². The minimum absolute atomic E-state index is 0.154. The molecule has 10 heteroatoms. The Hall–Kier alpha value is -3.50. The second kappa shape index (κ2) is 10.6. The summed E-state index contributed by atoms with van der Waals surface area (Å²) in [6.45, 7) is 2.72. The molecule has 9 nitrogen and oxygen atoms in total. The number of carboxylic acids is 1. The Morgan fingerprint density at radius 2 is 1.91 bits per heavy atom. The third-order valence-electron chi connectivity index (χ3n) is 5.29. The van der Waals surface area contributed by atoms with Crippen LogP contribution in [-0.4, -0.2) is 74.1 Å². The maximum atomic E-state index is 12.8. The third-order valence-corrected chi connectivity index (χ3v) is 6.35. The van der Waals surface area contributed by atoms with Gasteiger partial charge in [0, 0.05) is 25.8 Å². The number of carbonyl (C=O) groups is 2. The minimum atomic E-state index is -1.08. The molecule has 1 N–H and O–H groups in total. The van der Waals surface area contributed by atoms with Crippen molar-refractivity contribution in [3.05, 3.63) is 52.9 Å². The normalized spacial score (nSPS) is 18.6. The van der Waals surface area contributed by atoms with Crippen LogP contribution in [0.5, 0.6) is 11.5 Å². The van der Waals surface area contributed by atoms with E-state index in [0.717, 1.165) is 43.2 Å². The number of benzene rings is 2. The first-order chi connectivity index (χ1) is 16.4. The van der Waals surface area contributed by atoms with Gasteiger partial charge in [0.05, 0.1) is 30.9 Å². The van der Waals surface area contributed by atoms with Crippen molar-refractivity contribution in [1.29, 1.82) is 0 Å². The highest BCUT2D eigenvalue weighted by molar-refractivity contribution is 8.18. The number of thioether (sulfide) groups is 1. The fourth-order valence-corrected chi connectivity index (χ4v) is 4.49. The molecule has 0 radical (unpaired) electrons. The number of methoxy groups -OCH3 is 1. The Kier molecular flexibility index (Phi) is 7.39. The second-order valence-electron chi connectivity index (χ2n) is 7.58. The lowest BCUT2D eigenvalue weighted by Gasteiger charge is -2.28. The van der Waals surface area contributed by atoms with Crippen molar-refractivity contribution in [2.45, 2.75) is 0 Å². The summed E-state index contributed by atoms with van der Waals surface area (Å²) in [4.78, 5) is 32.5. The molecule has 2 heterocycles. The molecule has 0 aromatic heterocycles. The number of hydrogen-bond acceptors (Lipinski definition) is 8. The second-order valence-corrected chi connectivity index (χ2v) is 8.59. The fourth-order valence-electron chi connectivity index (χ4n) is 3.51. The third kappa shape index (κ3) is 5.52. The zero-order valence-electron chi connectivity index (χ0n) is 18.9. The molecule has 0 unspecified atom stereocenters. The minimum Gasteiger partial charge on any atom is -0.493 e. The van der Waals surface area contributed by atoms with Crippen molar-refractivity contribution in [2.24, 2.45) is 4.99 Å². The highest BCUT2D eigenvalue weighted by Crippen LogP contribution is 2.35. The molecule has 2 aliphatic rings. The number of ether oxygens (including phenoxy) is 3. The van der Waals surface area contributed by atoms with Crippen LogP contribution in [0.2, 0.25) is 0 Å².